The van der Waals surface area contributed by atoms with Crippen LogP contribution in [0.3, 0.4) is 0 Å². The van der Waals surface area contributed by atoms with Crippen LogP contribution in [-0.4, -0.2) is 23.8 Å². The van der Waals surface area contributed by atoms with Gasteiger partial charge >= 0.3 is 0 Å². The predicted molar refractivity (Wildman–Crippen MR) is 88.5 cm³/mol. The third kappa shape index (κ3) is 4.33. The number of nitrogens with one attached hydrogen (secondary N) is 1. The summed E-state index contributed by atoms with van der Waals surface area (Å²) in [5.74, 6) is 0.149. The Kier molecular flexibility index (Phi) is 5.55. The van der Waals surface area contributed by atoms with Gasteiger partial charge in [-0.25, -0.2) is 5.43 Å². The third-order valence-corrected chi connectivity index (χ3v) is 3.30. The number of phenols is 1. The molecule has 1 amide bonds. The number of ether oxygens (including phenoxy) is 1. The molecule has 0 aliphatic heterocycles. The minimum atomic E-state index is -0.299. The van der Waals surface area contributed by atoms with Gasteiger partial charge in [0.1, 0.15) is 0 Å². The number of rotatable bonds is 5. The molecular formula is C16H15BrN2O3. The Labute approximate surface area is 136 Å². The van der Waals surface area contributed by atoms with Crippen LogP contribution < -0.4 is 10.2 Å². The number of nitrogens with zero attached hydrogens (tertiary/aromatic N) is 1. The first kappa shape index (κ1) is 16.0. The molecule has 0 radical (unpaired) electrons. The van der Waals surface area contributed by atoms with Gasteiger partial charge in [0.25, 0.3) is 5.91 Å². The fourth-order valence-electron chi connectivity index (χ4n) is 1.71. The summed E-state index contributed by atoms with van der Waals surface area (Å²) in [6, 6.07) is 11.8. The number of halogens is 1. The topological polar surface area (TPSA) is 70.9 Å². The van der Waals surface area contributed by atoms with E-state index in [1.54, 1.807) is 36.4 Å². The molecule has 0 saturated carbocycles. The number of benzene rings is 2. The van der Waals surface area contributed by atoms with Crippen LogP contribution in [0.4, 0.5) is 0 Å². The molecule has 22 heavy (non-hydrogen) atoms. The maximum absolute atomic E-state index is 11.9. The minimum absolute atomic E-state index is 0.0675. The van der Waals surface area contributed by atoms with E-state index >= 15 is 0 Å². The summed E-state index contributed by atoms with van der Waals surface area (Å²) in [6.07, 6.45) is 1.48. The van der Waals surface area contributed by atoms with Crippen LogP contribution >= 0.6 is 15.9 Å². The number of carbonyl (C=O) groups is 1. The van der Waals surface area contributed by atoms with Crippen molar-refractivity contribution in [2.75, 3.05) is 6.61 Å². The first-order valence-corrected chi connectivity index (χ1v) is 7.44. The molecule has 0 aliphatic carbocycles. The van der Waals surface area contributed by atoms with E-state index in [4.69, 9.17) is 4.74 Å². The zero-order valence-electron chi connectivity index (χ0n) is 11.9. The van der Waals surface area contributed by atoms with E-state index < -0.39 is 0 Å². The highest BCUT2D eigenvalue weighted by molar-refractivity contribution is 9.10. The van der Waals surface area contributed by atoms with Crippen LogP contribution in [0.15, 0.2) is 52.0 Å². The Balaban J connectivity index is 2.01. The number of hydrazone groups is 1. The van der Waals surface area contributed by atoms with Crippen LogP contribution in [0.25, 0.3) is 0 Å². The highest BCUT2D eigenvalue weighted by atomic mass is 79.9. The SMILES string of the molecule is CCOc1cc(/C=N/NC(=O)c2ccc(Br)cc2)ccc1O. The van der Waals surface area contributed by atoms with E-state index in [0.717, 1.165) is 4.47 Å². The molecule has 6 heteroatoms. The lowest BCUT2D eigenvalue weighted by atomic mass is 10.2. The Hall–Kier alpha value is -2.34. The molecule has 2 N–H and O–H groups in total. The Morgan fingerprint density at radius 2 is 2.05 bits per heavy atom. The normalized spacial score (nSPS) is 10.6. The predicted octanol–water partition coefficient (Wildman–Crippen LogP) is 3.32. The van der Waals surface area contributed by atoms with E-state index in [1.807, 2.05) is 6.92 Å². The van der Waals surface area contributed by atoms with E-state index in [2.05, 4.69) is 26.5 Å². The van der Waals surface area contributed by atoms with Crippen molar-refractivity contribution in [3.63, 3.8) is 0 Å². The lowest BCUT2D eigenvalue weighted by Gasteiger charge is -2.06. The quantitative estimate of drug-likeness (QED) is 0.633. The van der Waals surface area contributed by atoms with Crippen LogP contribution in [0.1, 0.15) is 22.8 Å². The van der Waals surface area contributed by atoms with Gasteiger partial charge in [-0.3, -0.25) is 4.79 Å². The molecule has 0 aromatic heterocycles. The van der Waals surface area contributed by atoms with E-state index in [-0.39, 0.29) is 11.7 Å². The molecule has 0 unspecified atom stereocenters. The summed E-state index contributed by atoms with van der Waals surface area (Å²) in [5, 5.41) is 13.5. The second-order valence-electron chi connectivity index (χ2n) is 4.37. The van der Waals surface area contributed by atoms with E-state index in [1.165, 1.54) is 12.3 Å². The maximum atomic E-state index is 11.9. The lowest BCUT2D eigenvalue weighted by Crippen LogP contribution is -2.17. The van der Waals surface area contributed by atoms with Gasteiger partial charge in [0.05, 0.1) is 12.8 Å². The highest BCUT2D eigenvalue weighted by Gasteiger charge is 2.04. The summed E-state index contributed by atoms with van der Waals surface area (Å²) >= 11 is 3.31. The van der Waals surface area contributed by atoms with Crippen molar-refractivity contribution in [2.45, 2.75) is 6.92 Å². The highest BCUT2D eigenvalue weighted by Crippen LogP contribution is 2.26. The van der Waals surface area contributed by atoms with Crippen molar-refractivity contribution < 1.29 is 14.6 Å². The molecule has 0 fully saturated rings. The summed E-state index contributed by atoms with van der Waals surface area (Å²) in [7, 11) is 0. The van der Waals surface area contributed by atoms with Crippen LogP contribution in [0.2, 0.25) is 0 Å². The lowest BCUT2D eigenvalue weighted by molar-refractivity contribution is 0.0955. The molecule has 0 spiro atoms. The Morgan fingerprint density at radius 1 is 1.32 bits per heavy atom. The zero-order chi connectivity index (χ0) is 15.9. The van der Waals surface area contributed by atoms with Gasteiger partial charge in [0, 0.05) is 10.0 Å². The summed E-state index contributed by atoms with van der Waals surface area (Å²) in [5.41, 5.74) is 3.67. The van der Waals surface area contributed by atoms with Gasteiger partial charge in [-0.1, -0.05) is 15.9 Å². The molecule has 2 rings (SSSR count). The molecule has 0 aliphatic rings. The summed E-state index contributed by atoms with van der Waals surface area (Å²) in [6.45, 7) is 2.28. The molecule has 2 aromatic carbocycles. The van der Waals surface area contributed by atoms with Crippen LogP contribution in [0.5, 0.6) is 11.5 Å². The molecule has 0 heterocycles. The molecule has 0 atom stereocenters. The van der Waals surface area contributed by atoms with Gasteiger partial charge in [-0.2, -0.15) is 5.10 Å². The second kappa shape index (κ2) is 7.61. The Morgan fingerprint density at radius 3 is 2.73 bits per heavy atom. The average Bonchev–Trinajstić information content (AvgIpc) is 2.51. The van der Waals surface area contributed by atoms with Crippen molar-refractivity contribution in [1.82, 2.24) is 5.43 Å². The fourth-order valence-corrected chi connectivity index (χ4v) is 1.98. The maximum Gasteiger partial charge on any atom is 0.271 e. The summed E-state index contributed by atoms with van der Waals surface area (Å²) in [4.78, 5) is 11.9. The van der Waals surface area contributed by atoms with Crippen molar-refractivity contribution in [1.29, 1.82) is 0 Å². The average molecular weight is 363 g/mol. The molecule has 114 valence electrons. The van der Waals surface area contributed by atoms with E-state index in [0.29, 0.717) is 23.5 Å². The first-order chi connectivity index (χ1) is 10.6. The van der Waals surface area contributed by atoms with Crippen molar-refractivity contribution in [3.8, 4) is 11.5 Å². The van der Waals surface area contributed by atoms with Gasteiger partial charge in [-0.15, -0.1) is 0 Å². The largest absolute Gasteiger partial charge is 0.504 e. The molecule has 0 saturated heterocycles. The number of amides is 1. The van der Waals surface area contributed by atoms with Crippen LogP contribution in [-0.2, 0) is 0 Å². The number of carbonyl (C=O) groups excluding carboxylic acids is 1. The molecular weight excluding hydrogens is 348 g/mol. The second-order valence-corrected chi connectivity index (χ2v) is 5.28. The van der Waals surface area contributed by atoms with Crippen LogP contribution in [0, 0.1) is 0 Å². The van der Waals surface area contributed by atoms with Crippen molar-refractivity contribution in [3.05, 3.63) is 58.1 Å². The molecule has 0 bridgehead atoms. The fraction of sp³-hybridized carbons (Fsp3) is 0.125. The van der Waals surface area contributed by atoms with E-state index in [9.17, 15) is 9.90 Å². The number of phenolic OH excluding ortho intramolecular Hbond substituents is 1. The monoisotopic (exact) mass is 362 g/mol. The van der Waals surface area contributed by atoms with Gasteiger partial charge in [-0.05, 0) is 55.0 Å². The number of hydrogen-bond acceptors (Lipinski definition) is 4. The molecule has 2 aromatic rings. The summed E-state index contributed by atoms with van der Waals surface area (Å²) < 4.78 is 6.18. The van der Waals surface area contributed by atoms with Crippen molar-refractivity contribution >= 4 is 28.1 Å². The number of hydrogen-bond donors (Lipinski definition) is 2. The molecule has 5 nitrogen and oxygen atoms in total. The van der Waals surface area contributed by atoms with Gasteiger partial charge in [0.15, 0.2) is 11.5 Å². The number of aromatic hydroxyl groups is 1. The third-order valence-electron chi connectivity index (χ3n) is 2.77. The van der Waals surface area contributed by atoms with Crippen molar-refractivity contribution in [2.24, 2.45) is 5.10 Å². The van der Waals surface area contributed by atoms with Gasteiger partial charge in [0.2, 0.25) is 0 Å². The Bertz CT molecular complexity index is 684. The van der Waals surface area contributed by atoms with Gasteiger partial charge < -0.3 is 9.84 Å². The first-order valence-electron chi connectivity index (χ1n) is 6.65. The zero-order valence-corrected chi connectivity index (χ0v) is 13.5. The smallest absolute Gasteiger partial charge is 0.271 e. The standard InChI is InChI=1S/C16H15BrN2O3/c1-2-22-15-9-11(3-8-14(15)20)10-18-19-16(21)12-4-6-13(17)7-5-12/h3-10,20H,2H2,1H3,(H,19,21)/b18-10+. The minimum Gasteiger partial charge on any atom is -0.504 e.